The minimum absolute atomic E-state index is 0.104. The predicted octanol–water partition coefficient (Wildman–Crippen LogP) is 4.63. The molecular weight excluding hydrogens is 342 g/mol. The summed E-state index contributed by atoms with van der Waals surface area (Å²) in [5.41, 5.74) is 2.14. The summed E-state index contributed by atoms with van der Waals surface area (Å²) >= 11 is 7.53. The fourth-order valence-corrected chi connectivity index (χ4v) is 2.99. The first-order valence-corrected chi connectivity index (χ1v) is 9.22. The van der Waals surface area contributed by atoms with Crippen LogP contribution in [0.3, 0.4) is 0 Å². The summed E-state index contributed by atoms with van der Waals surface area (Å²) in [4.78, 5) is 13.3. The van der Waals surface area contributed by atoms with E-state index in [9.17, 15) is 4.79 Å². The molecule has 0 bridgehead atoms. The van der Waals surface area contributed by atoms with Gasteiger partial charge in [0.15, 0.2) is 6.10 Å². The van der Waals surface area contributed by atoms with Gasteiger partial charge in [0.2, 0.25) is 0 Å². The van der Waals surface area contributed by atoms with Crippen molar-refractivity contribution in [3.8, 4) is 5.75 Å². The van der Waals surface area contributed by atoms with Crippen LogP contribution < -0.4 is 10.1 Å². The third-order valence-electron chi connectivity index (χ3n) is 3.50. The Hall–Kier alpha value is -1.65. The van der Waals surface area contributed by atoms with Crippen molar-refractivity contribution in [3.05, 3.63) is 58.6 Å². The lowest BCUT2D eigenvalue weighted by Crippen LogP contribution is -2.37. The van der Waals surface area contributed by atoms with E-state index in [-0.39, 0.29) is 5.91 Å². The minimum Gasteiger partial charge on any atom is -0.481 e. The van der Waals surface area contributed by atoms with Crippen molar-refractivity contribution >= 4 is 29.3 Å². The van der Waals surface area contributed by atoms with Crippen LogP contribution in [0.1, 0.15) is 18.1 Å². The van der Waals surface area contributed by atoms with E-state index in [0.29, 0.717) is 6.54 Å². The molecule has 0 unspecified atom stereocenters. The van der Waals surface area contributed by atoms with E-state index in [1.54, 1.807) is 18.7 Å². The van der Waals surface area contributed by atoms with Gasteiger partial charge in [0.1, 0.15) is 5.75 Å². The van der Waals surface area contributed by atoms with Gasteiger partial charge in [0, 0.05) is 22.2 Å². The molecule has 24 heavy (non-hydrogen) atoms. The first kappa shape index (κ1) is 18.7. The standard InChI is InChI=1S/C19H22ClNO2S/c1-13-4-5-14(2)18(12-13)23-15(3)19(22)21-10-11-24-17-8-6-16(20)7-9-17/h4-9,12,15H,10-11H2,1-3H3,(H,21,22)/t15-/m1/s1. The molecule has 0 radical (unpaired) electrons. The number of amides is 1. The zero-order valence-electron chi connectivity index (χ0n) is 14.1. The minimum atomic E-state index is -0.522. The Morgan fingerprint density at radius 3 is 2.62 bits per heavy atom. The van der Waals surface area contributed by atoms with E-state index in [1.807, 2.05) is 56.3 Å². The highest BCUT2D eigenvalue weighted by molar-refractivity contribution is 7.99. The number of hydrogen-bond donors (Lipinski definition) is 1. The van der Waals surface area contributed by atoms with Crippen molar-refractivity contribution in [2.45, 2.75) is 31.8 Å². The molecule has 3 nitrogen and oxygen atoms in total. The number of aryl methyl sites for hydroxylation is 2. The Morgan fingerprint density at radius 1 is 1.21 bits per heavy atom. The molecule has 0 aromatic heterocycles. The number of halogens is 1. The number of carbonyl (C=O) groups is 1. The third-order valence-corrected chi connectivity index (χ3v) is 4.77. The predicted molar refractivity (Wildman–Crippen MR) is 101 cm³/mol. The van der Waals surface area contributed by atoms with E-state index < -0.39 is 6.10 Å². The quantitative estimate of drug-likeness (QED) is 0.575. The lowest BCUT2D eigenvalue weighted by Gasteiger charge is -2.16. The highest BCUT2D eigenvalue weighted by Gasteiger charge is 2.15. The molecule has 0 saturated heterocycles. The summed E-state index contributed by atoms with van der Waals surface area (Å²) in [6, 6.07) is 13.7. The van der Waals surface area contributed by atoms with E-state index in [0.717, 1.165) is 32.5 Å². The van der Waals surface area contributed by atoms with Gasteiger partial charge in [0.05, 0.1) is 0 Å². The molecule has 2 rings (SSSR count). The second-order valence-electron chi connectivity index (χ2n) is 5.62. The number of nitrogens with one attached hydrogen (secondary N) is 1. The number of carbonyl (C=O) groups excluding carboxylic acids is 1. The number of rotatable bonds is 7. The van der Waals surface area contributed by atoms with Gasteiger partial charge in [-0.1, -0.05) is 23.7 Å². The summed E-state index contributed by atoms with van der Waals surface area (Å²) in [6.07, 6.45) is -0.522. The molecule has 128 valence electrons. The normalized spacial score (nSPS) is 11.8. The fourth-order valence-electron chi connectivity index (χ4n) is 2.10. The maximum atomic E-state index is 12.1. The molecule has 2 aromatic rings. The van der Waals surface area contributed by atoms with Crippen molar-refractivity contribution in [1.82, 2.24) is 5.32 Å². The molecule has 5 heteroatoms. The highest BCUT2D eigenvalue weighted by atomic mass is 35.5. The Morgan fingerprint density at radius 2 is 1.92 bits per heavy atom. The lowest BCUT2D eigenvalue weighted by molar-refractivity contribution is -0.127. The number of thioether (sulfide) groups is 1. The molecule has 1 N–H and O–H groups in total. The average Bonchev–Trinajstić information content (AvgIpc) is 2.56. The summed E-state index contributed by atoms with van der Waals surface area (Å²) in [5, 5.41) is 3.63. The Labute approximate surface area is 152 Å². The summed E-state index contributed by atoms with van der Waals surface area (Å²) in [7, 11) is 0. The van der Waals surface area contributed by atoms with E-state index in [4.69, 9.17) is 16.3 Å². The van der Waals surface area contributed by atoms with Gasteiger partial charge < -0.3 is 10.1 Å². The van der Waals surface area contributed by atoms with Crippen LogP contribution in [0.5, 0.6) is 5.75 Å². The largest absolute Gasteiger partial charge is 0.481 e. The van der Waals surface area contributed by atoms with Crippen molar-refractivity contribution < 1.29 is 9.53 Å². The van der Waals surface area contributed by atoms with Gasteiger partial charge in [-0.2, -0.15) is 0 Å². The van der Waals surface area contributed by atoms with Crippen molar-refractivity contribution in [2.75, 3.05) is 12.3 Å². The van der Waals surface area contributed by atoms with Crippen molar-refractivity contribution in [2.24, 2.45) is 0 Å². The molecule has 0 aliphatic carbocycles. The van der Waals surface area contributed by atoms with Gasteiger partial charge >= 0.3 is 0 Å². The third kappa shape index (κ3) is 5.77. The first-order chi connectivity index (χ1) is 11.5. The number of ether oxygens (including phenoxy) is 1. The summed E-state index contributed by atoms with van der Waals surface area (Å²) in [5.74, 6) is 1.45. The molecule has 0 aliphatic rings. The SMILES string of the molecule is Cc1ccc(C)c(O[C@H](C)C(=O)NCCSc2ccc(Cl)cc2)c1. The molecule has 0 spiro atoms. The molecular formula is C19H22ClNO2S. The average molecular weight is 364 g/mol. The highest BCUT2D eigenvalue weighted by Crippen LogP contribution is 2.21. The maximum Gasteiger partial charge on any atom is 0.260 e. The zero-order chi connectivity index (χ0) is 17.5. The van der Waals surface area contributed by atoms with Crippen LogP contribution in [0.2, 0.25) is 5.02 Å². The van der Waals surface area contributed by atoms with Gasteiger partial charge in [-0.05, 0) is 62.2 Å². The maximum absolute atomic E-state index is 12.1. The molecule has 0 aliphatic heterocycles. The second kappa shape index (κ2) is 9.00. The van der Waals surface area contributed by atoms with Crippen LogP contribution in [0.25, 0.3) is 0 Å². The number of benzene rings is 2. The van der Waals surface area contributed by atoms with Crippen LogP contribution in [0.4, 0.5) is 0 Å². The fraction of sp³-hybridized carbons (Fsp3) is 0.316. The second-order valence-corrected chi connectivity index (χ2v) is 7.23. The van der Waals surface area contributed by atoms with E-state index >= 15 is 0 Å². The van der Waals surface area contributed by atoms with Crippen LogP contribution >= 0.6 is 23.4 Å². The molecule has 1 amide bonds. The van der Waals surface area contributed by atoms with Gasteiger partial charge in [-0.3, -0.25) is 4.79 Å². The first-order valence-electron chi connectivity index (χ1n) is 7.85. The molecule has 1 atom stereocenters. The van der Waals surface area contributed by atoms with E-state index in [2.05, 4.69) is 5.32 Å². The van der Waals surface area contributed by atoms with Crippen LogP contribution in [-0.4, -0.2) is 24.3 Å². The number of hydrogen-bond acceptors (Lipinski definition) is 3. The van der Waals surface area contributed by atoms with Gasteiger partial charge in [-0.15, -0.1) is 11.8 Å². The Balaban J connectivity index is 1.75. The molecule has 0 fully saturated rings. The summed E-state index contributed by atoms with van der Waals surface area (Å²) < 4.78 is 5.78. The Kier molecular flexibility index (Phi) is 7.00. The smallest absolute Gasteiger partial charge is 0.260 e. The monoisotopic (exact) mass is 363 g/mol. The molecule has 0 saturated carbocycles. The van der Waals surface area contributed by atoms with Crippen LogP contribution in [0, 0.1) is 13.8 Å². The summed E-state index contributed by atoms with van der Waals surface area (Å²) in [6.45, 7) is 6.34. The lowest BCUT2D eigenvalue weighted by atomic mass is 10.1. The zero-order valence-corrected chi connectivity index (χ0v) is 15.7. The van der Waals surface area contributed by atoms with Gasteiger partial charge in [-0.25, -0.2) is 0 Å². The van der Waals surface area contributed by atoms with Crippen LogP contribution in [-0.2, 0) is 4.79 Å². The van der Waals surface area contributed by atoms with Crippen molar-refractivity contribution in [1.29, 1.82) is 0 Å². The van der Waals surface area contributed by atoms with Crippen LogP contribution in [0.15, 0.2) is 47.4 Å². The Bertz CT molecular complexity index is 688. The topological polar surface area (TPSA) is 38.3 Å². The van der Waals surface area contributed by atoms with Gasteiger partial charge in [0.25, 0.3) is 5.91 Å². The molecule has 2 aromatic carbocycles. The van der Waals surface area contributed by atoms with E-state index in [1.165, 1.54) is 0 Å². The molecule has 0 heterocycles. The van der Waals surface area contributed by atoms with Crippen molar-refractivity contribution in [3.63, 3.8) is 0 Å².